The number of benzene rings is 2. The zero-order chi connectivity index (χ0) is 22.7. The van der Waals surface area contributed by atoms with Crippen molar-refractivity contribution in [3.63, 3.8) is 0 Å². The second-order valence-electron chi connectivity index (χ2n) is 7.29. The van der Waals surface area contributed by atoms with Crippen LogP contribution in [0.2, 0.25) is 0 Å². The lowest BCUT2D eigenvalue weighted by atomic mass is 9.95. The number of likely N-dealkylation sites (tertiary alicyclic amines) is 1. The van der Waals surface area contributed by atoms with Crippen LogP contribution < -0.4 is 9.47 Å². The molecule has 4 rings (SSSR count). The fourth-order valence-corrected chi connectivity index (χ4v) is 3.79. The van der Waals surface area contributed by atoms with Crippen molar-refractivity contribution in [1.82, 2.24) is 9.88 Å². The first-order valence-corrected chi connectivity index (χ1v) is 9.99. The minimum Gasteiger partial charge on any atom is -0.507 e. The van der Waals surface area contributed by atoms with Gasteiger partial charge in [-0.1, -0.05) is 30.3 Å². The number of carbonyl (C=O) groups is 2. The van der Waals surface area contributed by atoms with E-state index in [0.29, 0.717) is 22.6 Å². The Morgan fingerprint density at radius 3 is 2.41 bits per heavy atom. The van der Waals surface area contributed by atoms with Crippen LogP contribution in [0.4, 0.5) is 0 Å². The number of amides is 1. The highest BCUT2D eigenvalue weighted by molar-refractivity contribution is 6.46. The number of aliphatic hydroxyl groups excluding tert-OH is 1. The molecule has 1 N–H and O–H groups in total. The van der Waals surface area contributed by atoms with Crippen LogP contribution in [-0.2, 0) is 16.1 Å². The molecular formula is C25H22N2O5. The molecule has 7 nitrogen and oxygen atoms in total. The minimum absolute atomic E-state index is 0.0253. The van der Waals surface area contributed by atoms with Crippen LogP contribution in [0.15, 0.2) is 78.6 Å². The number of hydrogen-bond donors (Lipinski definition) is 1. The van der Waals surface area contributed by atoms with E-state index in [0.717, 1.165) is 5.56 Å². The lowest BCUT2D eigenvalue weighted by Gasteiger charge is -2.25. The molecule has 0 saturated carbocycles. The van der Waals surface area contributed by atoms with Crippen LogP contribution >= 0.6 is 0 Å². The van der Waals surface area contributed by atoms with Gasteiger partial charge in [0.05, 0.1) is 25.8 Å². The molecule has 2 heterocycles. The Hall–Kier alpha value is -4.13. The summed E-state index contributed by atoms with van der Waals surface area (Å²) >= 11 is 0. The summed E-state index contributed by atoms with van der Waals surface area (Å²) in [5.74, 6) is -0.503. The van der Waals surface area contributed by atoms with Gasteiger partial charge in [0.25, 0.3) is 11.7 Å². The molecule has 1 aliphatic heterocycles. The molecule has 1 aliphatic rings. The lowest BCUT2D eigenvalue weighted by Crippen LogP contribution is -2.29. The fourth-order valence-electron chi connectivity index (χ4n) is 3.79. The summed E-state index contributed by atoms with van der Waals surface area (Å²) in [6.07, 6.45) is 3.29. The van der Waals surface area contributed by atoms with E-state index in [1.165, 1.54) is 12.0 Å². The highest BCUT2D eigenvalue weighted by atomic mass is 16.5. The number of ketones is 1. The van der Waals surface area contributed by atoms with Gasteiger partial charge in [0.1, 0.15) is 17.3 Å². The molecule has 3 aromatic rings. The normalized spacial score (nSPS) is 17.4. The summed E-state index contributed by atoms with van der Waals surface area (Å²) in [6, 6.07) is 16.6. The summed E-state index contributed by atoms with van der Waals surface area (Å²) in [5.41, 5.74) is 1.87. The molecule has 1 fully saturated rings. The Bertz CT molecular complexity index is 1170. The number of aromatic nitrogens is 1. The van der Waals surface area contributed by atoms with E-state index in [1.807, 2.05) is 6.07 Å². The van der Waals surface area contributed by atoms with Crippen LogP contribution in [0.3, 0.4) is 0 Å². The number of nitrogens with zero attached hydrogens (tertiary/aromatic N) is 2. The first-order chi connectivity index (χ1) is 15.5. The van der Waals surface area contributed by atoms with Crippen molar-refractivity contribution >= 4 is 17.4 Å². The van der Waals surface area contributed by atoms with Gasteiger partial charge >= 0.3 is 0 Å². The highest BCUT2D eigenvalue weighted by Crippen LogP contribution is 2.40. The van der Waals surface area contributed by atoms with Crippen LogP contribution in [0, 0.1) is 0 Å². The van der Waals surface area contributed by atoms with Gasteiger partial charge in [-0.25, -0.2) is 0 Å². The van der Waals surface area contributed by atoms with Crippen molar-refractivity contribution in [2.24, 2.45) is 0 Å². The predicted molar refractivity (Wildman–Crippen MR) is 118 cm³/mol. The van der Waals surface area contributed by atoms with E-state index in [9.17, 15) is 14.7 Å². The minimum atomic E-state index is -0.771. The monoisotopic (exact) mass is 430 g/mol. The predicted octanol–water partition coefficient (Wildman–Crippen LogP) is 3.72. The highest BCUT2D eigenvalue weighted by Gasteiger charge is 2.46. The molecule has 0 spiro atoms. The summed E-state index contributed by atoms with van der Waals surface area (Å²) in [5, 5.41) is 11.1. The van der Waals surface area contributed by atoms with Crippen LogP contribution in [0.5, 0.6) is 11.5 Å². The molecule has 2 aromatic carbocycles. The van der Waals surface area contributed by atoms with E-state index in [2.05, 4.69) is 4.98 Å². The number of ether oxygens (including phenoxy) is 2. The molecule has 0 aliphatic carbocycles. The summed E-state index contributed by atoms with van der Waals surface area (Å²) in [7, 11) is 3.08. The molecule has 0 radical (unpaired) electrons. The van der Waals surface area contributed by atoms with Crippen molar-refractivity contribution in [2.75, 3.05) is 14.2 Å². The third-order valence-electron chi connectivity index (χ3n) is 5.39. The maximum atomic E-state index is 13.1. The van der Waals surface area contributed by atoms with Gasteiger partial charge in [-0.2, -0.15) is 0 Å². The van der Waals surface area contributed by atoms with Crippen molar-refractivity contribution < 1.29 is 24.2 Å². The van der Waals surface area contributed by atoms with Gasteiger partial charge in [-0.05, 0) is 41.5 Å². The molecule has 1 saturated heterocycles. The zero-order valence-electron chi connectivity index (χ0n) is 17.7. The van der Waals surface area contributed by atoms with Crippen molar-refractivity contribution in [3.05, 3.63) is 95.3 Å². The van der Waals surface area contributed by atoms with Crippen LogP contribution in [0.1, 0.15) is 22.7 Å². The molecule has 32 heavy (non-hydrogen) atoms. The Balaban J connectivity index is 1.85. The summed E-state index contributed by atoms with van der Waals surface area (Å²) in [4.78, 5) is 31.7. The summed E-state index contributed by atoms with van der Waals surface area (Å²) < 4.78 is 10.5. The van der Waals surface area contributed by atoms with Crippen LogP contribution in [0.25, 0.3) is 5.76 Å². The van der Waals surface area contributed by atoms with Gasteiger partial charge in [0.2, 0.25) is 0 Å². The molecule has 1 amide bonds. The Kier molecular flexibility index (Phi) is 5.89. The van der Waals surface area contributed by atoms with E-state index in [1.54, 1.807) is 74.1 Å². The van der Waals surface area contributed by atoms with Gasteiger partial charge < -0.3 is 19.5 Å². The van der Waals surface area contributed by atoms with Crippen molar-refractivity contribution in [3.8, 4) is 11.5 Å². The third kappa shape index (κ3) is 3.92. The first-order valence-electron chi connectivity index (χ1n) is 9.99. The van der Waals surface area contributed by atoms with Crippen molar-refractivity contribution in [1.29, 1.82) is 0 Å². The number of hydrogen-bond acceptors (Lipinski definition) is 6. The van der Waals surface area contributed by atoms with Gasteiger partial charge in [0.15, 0.2) is 0 Å². The summed E-state index contributed by atoms with van der Waals surface area (Å²) in [6.45, 7) is 0.171. The standard InChI is InChI=1S/C25H22N2O5/c1-31-19-10-8-17(9-11-19)22-21(23(28)18-6-3-7-20(13-18)32-2)24(29)25(30)27(22)15-16-5-4-12-26-14-16/h3-14,22,28H,15H2,1-2H3/b23-21+/t22-/m0/s1. The quantitative estimate of drug-likeness (QED) is 0.364. The van der Waals surface area contributed by atoms with E-state index >= 15 is 0 Å². The number of Topliss-reactive ketones (excluding diaryl/α,β-unsaturated/α-hetero) is 1. The Morgan fingerprint density at radius 2 is 1.75 bits per heavy atom. The van der Waals surface area contributed by atoms with Gasteiger partial charge in [0, 0.05) is 24.5 Å². The lowest BCUT2D eigenvalue weighted by molar-refractivity contribution is -0.140. The van der Waals surface area contributed by atoms with Gasteiger partial charge in [-0.15, -0.1) is 0 Å². The number of pyridine rings is 1. The SMILES string of the molecule is COc1ccc([C@H]2/C(=C(\O)c3cccc(OC)c3)C(=O)C(=O)N2Cc2cccnc2)cc1. The van der Waals surface area contributed by atoms with E-state index < -0.39 is 17.7 Å². The average molecular weight is 430 g/mol. The van der Waals surface area contributed by atoms with Crippen molar-refractivity contribution in [2.45, 2.75) is 12.6 Å². The zero-order valence-corrected chi connectivity index (χ0v) is 17.7. The number of rotatable bonds is 6. The first kappa shape index (κ1) is 21.1. The fraction of sp³-hybridized carbons (Fsp3) is 0.160. The van der Waals surface area contributed by atoms with E-state index in [4.69, 9.17) is 9.47 Å². The Morgan fingerprint density at radius 1 is 1.00 bits per heavy atom. The number of carbonyl (C=O) groups excluding carboxylic acids is 2. The molecule has 0 bridgehead atoms. The Labute approximate surface area is 185 Å². The number of methoxy groups -OCH3 is 2. The molecule has 0 unspecified atom stereocenters. The second-order valence-corrected chi connectivity index (χ2v) is 7.29. The number of aliphatic hydroxyl groups is 1. The topological polar surface area (TPSA) is 89.0 Å². The molecule has 1 atom stereocenters. The van der Waals surface area contributed by atoms with Crippen LogP contribution in [-0.4, -0.2) is 40.9 Å². The maximum Gasteiger partial charge on any atom is 0.295 e. The second kappa shape index (κ2) is 8.93. The average Bonchev–Trinajstić information content (AvgIpc) is 3.09. The molecule has 1 aromatic heterocycles. The smallest absolute Gasteiger partial charge is 0.295 e. The third-order valence-corrected chi connectivity index (χ3v) is 5.39. The maximum absolute atomic E-state index is 13.1. The molecule has 7 heteroatoms. The molecule has 162 valence electrons. The van der Waals surface area contributed by atoms with Gasteiger partial charge in [-0.3, -0.25) is 14.6 Å². The van der Waals surface area contributed by atoms with E-state index in [-0.39, 0.29) is 17.9 Å². The largest absolute Gasteiger partial charge is 0.507 e. The molecular weight excluding hydrogens is 408 g/mol.